The minimum atomic E-state index is -0.0240. The van der Waals surface area contributed by atoms with Crippen LogP contribution in [0.5, 0.6) is 11.5 Å². The molecule has 0 amide bonds. The fourth-order valence-corrected chi connectivity index (χ4v) is 4.31. The van der Waals surface area contributed by atoms with E-state index in [-0.39, 0.29) is 5.41 Å². The Bertz CT molecular complexity index is 610. The number of ether oxygens (including phenoxy) is 2. The third kappa shape index (κ3) is 3.38. The van der Waals surface area contributed by atoms with E-state index in [0.29, 0.717) is 6.04 Å². The standard InChI is InChI=1S/C22H29NO2/c1-4-15-22(21-6-5-16-23-21,17-7-11-19(24-2)12-8-17)18-9-13-20(25-3)14-10-18/h7-14,21,23H,4-6,15-16H2,1-3H3. The van der Waals surface area contributed by atoms with E-state index in [2.05, 4.69) is 60.8 Å². The van der Waals surface area contributed by atoms with Gasteiger partial charge in [0.05, 0.1) is 14.2 Å². The smallest absolute Gasteiger partial charge is 0.118 e. The molecule has 0 bridgehead atoms. The first-order valence-electron chi connectivity index (χ1n) is 9.27. The molecule has 1 heterocycles. The maximum atomic E-state index is 5.37. The van der Waals surface area contributed by atoms with Crippen molar-refractivity contribution in [2.75, 3.05) is 20.8 Å². The highest BCUT2D eigenvalue weighted by Crippen LogP contribution is 2.43. The van der Waals surface area contributed by atoms with Gasteiger partial charge in [-0.15, -0.1) is 0 Å². The van der Waals surface area contributed by atoms with Gasteiger partial charge in [-0.05, 0) is 61.2 Å². The van der Waals surface area contributed by atoms with E-state index < -0.39 is 0 Å². The number of benzene rings is 2. The van der Waals surface area contributed by atoms with Gasteiger partial charge >= 0.3 is 0 Å². The summed E-state index contributed by atoms with van der Waals surface area (Å²) in [5.74, 6) is 1.81. The van der Waals surface area contributed by atoms with Crippen LogP contribution in [0, 0.1) is 0 Å². The van der Waals surface area contributed by atoms with Gasteiger partial charge in [0.15, 0.2) is 0 Å². The molecule has 0 radical (unpaired) electrons. The van der Waals surface area contributed by atoms with E-state index in [0.717, 1.165) is 30.9 Å². The highest BCUT2D eigenvalue weighted by atomic mass is 16.5. The van der Waals surface area contributed by atoms with Gasteiger partial charge in [0, 0.05) is 11.5 Å². The van der Waals surface area contributed by atoms with E-state index >= 15 is 0 Å². The largest absolute Gasteiger partial charge is 0.497 e. The van der Waals surface area contributed by atoms with Gasteiger partial charge < -0.3 is 14.8 Å². The van der Waals surface area contributed by atoms with Crippen molar-refractivity contribution in [1.82, 2.24) is 5.32 Å². The predicted molar refractivity (Wildman–Crippen MR) is 103 cm³/mol. The summed E-state index contributed by atoms with van der Waals surface area (Å²) in [5, 5.41) is 3.77. The zero-order valence-electron chi connectivity index (χ0n) is 15.5. The molecule has 0 aromatic heterocycles. The molecule has 1 fully saturated rings. The summed E-state index contributed by atoms with van der Waals surface area (Å²) in [6.07, 6.45) is 4.69. The molecule has 1 saturated heterocycles. The summed E-state index contributed by atoms with van der Waals surface area (Å²) in [5.41, 5.74) is 2.70. The summed E-state index contributed by atoms with van der Waals surface area (Å²) in [4.78, 5) is 0. The van der Waals surface area contributed by atoms with Gasteiger partial charge in [-0.3, -0.25) is 0 Å². The van der Waals surface area contributed by atoms with Gasteiger partial charge in [-0.1, -0.05) is 37.6 Å². The Hall–Kier alpha value is -2.00. The Kier molecular flexibility index (Phi) is 5.64. The Labute approximate surface area is 151 Å². The Morgan fingerprint density at radius 1 is 0.920 bits per heavy atom. The van der Waals surface area contributed by atoms with Crippen LogP contribution in [0.4, 0.5) is 0 Å². The molecule has 25 heavy (non-hydrogen) atoms. The molecule has 3 rings (SSSR count). The molecule has 0 aliphatic carbocycles. The van der Waals surface area contributed by atoms with Crippen LogP contribution in [-0.4, -0.2) is 26.8 Å². The highest BCUT2D eigenvalue weighted by molar-refractivity contribution is 5.45. The van der Waals surface area contributed by atoms with E-state index in [4.69, 9.17) is 9.47 Å². The quantitative estimate of drug-likeness (QED) is 0.803. The average molecular weight is 339 g/mol. The summed E-state index contributed by atoms with van der Waals surface area (Å²) in [6.45, 7) is 3.37. The van der Waals surface area contributed by atoms with Crippen LogP contribution < -0.4 is 14.8 Å². The molecule has 1 aliphatic rings. The lowest BCUT2D eigenvalue weighted by Crippen LogP contribution is -2.46. The second-order valence-electron chi connectivity index (χ2n) is 6.83. The lowest BCUT2D eigenvalue weighted by atomic mass is 9.66. The number of nitrogens with one attached hydrogen (secondary N) is 1. The normalized spacial score (nSPS) is 17.5. The van der Waals surface area contributed by atoms with Crippen LogP contribution in [-0.2, 0) is 5.41 Å². The third-order valence-electron chi connectivity index (χ3n) is 5.51. The summed E-state index contributed by atoms with van der Waals surface area (Å²) >= 11 is 0. The minimum absolute atomic E-state index is 0.0240. The van der Waals surface area contributed by atoms with Crippen molar-refractivity contribution in [2.24, 2.45) is 0 Å². The Balaban J connectivity index is 2.12. The molecule has 134 valence electrons. The van der Waals surface area contributed by atoms with E-state index in [9.17, 15) is 0 Å². The molecule has 2 aromatic carbocycles. The highest BCUT2D eigenvalue weighted by Gasteiger charge is 2.42. The molecule has 0 spiro atoms. The van der Waals surface area contributed by atoms with Crippen LogP contribution in [0.3, 0.4) is 0 Å². The van der Waals surface area contributed by atoms with E-state index in [1.165, 1.54) is 24.0 Å². The first-order valence-corrected chi connectivity index (χ1v) is 9.27. The fraction of sp³-hybridized carbons (Fsp3) is 0.455. The summed E-state index contributed by atoms with van der Waals surface area (Å²) < 4.78 is 10.7. The topological polar surface area (TPSA) is 30.5 Å². The van der Waals surface area contributed by atoms with Crippen molar-refractivity contribution in [2.45, 2.75) is 44.1 Å². The number of hydrogen-bond acceptors (Lipinski definition) is 3. The molecule has 1 atom stereocenters. The van der Waals surface area contributed by atoms with Crippen molar-refractivity contribution in [3.8, 4) is 11.5 Å². The van der Waals surface area contributed by atoms with Crippen molar-refractivity contribution >= 4 is 0 Å². The third-order valence-corrected chi connectivity index (χ3v) is 5.51. The molecule has 1 unspecified atom stereocenters. The van der Waals surface area contributed by atoms with E-state index in [1.54, 1.807) is 14.2 Å². The molecule has 1 N–H and O–H groups in total. The summed E-state index contributed by atoms with van der Waals surface area (Å²) in [7, 11) is 3.44. The maximum absolute atomic E-state index is 5.37. The molecule has 3 nitrogen and oxygen atoms in total. The van der Waals surface area contributed by atoms with Gasteiger partial charge in [0.1, 0.15) is 11.5 Å². The first kappa shape index (κ1) is 17.8. The van der Waals surface area contributed by atoms with Gasteiger partial charge in [0.2, 0.25) is 0 Å². The zero-order valence-corrected chi connectivity index (χ0v) is 15.5. The number of hydrogen-bond donors (Lipinski definition) is 1. The lowest BCUT2D eigenvalue weighted by Gasteiger charge is -2.41. The van der Waals surface area contributed by atoms with Crippen LogP contribution >= 0.6 is 0 Å². The molecule has 3 heteroatoms. The van der Waals surface area contributed by atoms with Crippen LogP contribution in [0.15, 0.2) is 48.5 Å². The first-order chi connectivity index (χ1) is 12.2. The van der Waals surface area contributed by atoms with Crippen molar-refractivity contribution in [1.29, 1.82) is 0 Å². The maximum Gasteiger partial charge on any atom is 0.118 e. The molecule has 1 aliphatic heterocycles. The Morgan fingerprint density at radius 2 is 1.44 bits per heavy atom. The van der Waals surface area contributed by atoms with Crippen molar-refractivity contribution < 1.29 is 9.47 Å². The van der Waals surface area contributed by atoms with Crippen LogP contribution in [0.2, 0.25) is 0 Å². The molecular weight excluding hydrogens is 310 g/mol. The van der Waals surface area contributed by atoms with Crippen LogP contribution in [0.25, 0.3) is 0 Å². The zero-order chi connectivity index (χ0) is 17.7. The second kappa shape index (κ2) is 7.92. The summed E-state index contributed by atoms with van der Waals surface area (Å²) in [6, 6.07) is 17.7. The Morgan fingerprint density at radius 3 is 1.80 bits per heavy atom. The predicted octanol–water partition coefficient (Wildman–Crippen LogP) is 4.54. The van der Waals surface area contributed by atoms with Gasteiger partial charge in [-0.2, -0.15) is 0 Å². The number of rotatable bonds is 7. The van der Waals surface area contributed by atoms with Crippen LogP contribution in [0.1, 0.15) is 43.7 Å². The van der Waals surface area contributed by atoms with Gasteiger partial charge in [0.25, 0.3) is 0 Å². The van der Waals surface area contributed by atoms with Gasteiger partial charge in [-0.25, -0.2) is 0 Å². The molecular formula is C22H29NO2. The number of methoxy groups -OCH3 is 2. The van der Waals surface area contributed by atoms with Crippen molar-refractivity contribution in [3.63, 3.8) is 0 Å². The molecule has 0 saturated carbocycles. The lowest BCUT2D eigenvalue weighted by molar-refractivity contribution is 0.347. The SMILES string of the molecule is CCCC(c1ccc(OC)cc1)(c1ccc(OC)cc1)C1CCCN1. The average Bonchev–Trinajstić information content (AvgIpc) is 3.21. The fourth-order valence-electron chi connectivity index (χ4n) is 4.31. The van der Waals surface area contributed by atoms with Crippen molar-refractivity contribution in [3.05, 3.63) is 59.7 Å². The second-order valence-corrected chi connectivity index (χ2v) is 6.83. The molecule has 2 aromatic rings. The van der Waals surface area contributed by atoms with E-state index in [1.807, 2.05) is 0 Å². The minimum Gasteiger partial charge on any atom is -0.497 e. The monoisotopic (exact) mass is 339 g/mol.